The molecule has 17 heavy (non-hydrogen) atoms. The molecule has 1 N–H and O–H groups in total. The lowest BCUT2D eigenvalue weighted by molar-refractivity contribution is 0.600. The monoisotopic (exact) mass is 269 g/mol. The van der Waals surface area contributed by atoms with Crippen molar-refractivity contribution in [3.05, 3.63) is 40.9 Å². The minimum atomic E-state index is -3.42. The number of rotatable bonds is 4. The van der Waals surface area contributed by atoms with Gasteiger partial charge in [-0.15, -0.1) is 10.2 Å². The van der Waals surface area contributed by atoms with Crippen LogP contribution in [0.4, 0.5) is 5.13 Å². The molecular weight excluding hydrogens is 258 g/mol. The van der Waals surface area contributed by atoms with Gasteiger partial charge in [-0.3, -0.25) is 4.72 Å². The Morgan fingerprint density at radius 1 is 1.24 bits per heavy atom. The van der Waals surface area contributed by atoms with Crippen molar-refractivity contribution in [2.75, 3.05) is 4.72 Å². The summed E-state index contributed by atoms with van der Waals surface area (Å²) in [5.74, 6) is -0.0630. The lowest BCUT2D eigenvalue weighted by Crippen LogP contribution is -2.14. The summed E-state index contributed by atoms with van der Waals surface area (Å²) in [6.07, 6.45) is 0. The molecule has 7 heteroatoms. The summed E-state index contributed by atoms with van der Waals surface area (Å²) in [6.45, 7) is 1.77. The van der Waals surface area contributed by atoms with Crippen LogP contribution in [0.25, 0.3) is 0 Å². The second-order valence-electron chi connectivity index (χ2n) is 3.47. The predicted octanol–water partition coefficient (Wildman–Crippen LogP) is 1.79. The van der Waals surface area contributed by atoms with Gasteiger partial charge in [0.05, 0.1) is 5.75 Å². The van der Waals surface area contributed by atoms with E-state index >= 15 is 0 Å². The van der Waals surface area contributed by atoms with Crippen LogP contribution in [0, 0.1) is 6.92 Å². The largest absolute Gasteiger partial charge is 0.257 e. The van der Waals surface area contributed by atoms with Crippen molar-refractivity contribution >= 4 is 26.5 Å². The molecule has 2 rings (SSSR count). The number of aromatic nitrogens is 2. The van der Waals surface area contributed by atoms with Crippen molar-refractivity contribution in [1.29, 1.82) is 0 Å². The molecule has 0 spiro atoms. The molecule has 5 nitrogen and oxygen atoms in total. The van der Waals surface area contributed by atoms with Crippen LogP contribution < -0.4 is 4.72 Å². The zero-order valence-corrected chi connectivity index (χ0v) is 10.8. The van der Waals surface area contributed by atoms with Crippen LogP contribution in [0.5, 0.6) is 0 Å². The lowest BCUT2D eigenvalue weighted by atomic mass is 10.2. The summed E-state index contributed by atoms with van der Waals surface area (Å²) < 4.78 is 26.0. The number of anilines is 1. The van der Waals surface area contributed by atoms with Gasteiger partial charge >= 0.3 is 0 Å². The second-order valence-corrected chi connectivity index (χ2v) is 6.38. The molecule has 0 unspecified atom stereocenters. The lowest BCUT2D eigenvalue weighted by Gasteiger charge is -2.04. The molecule has 0 saturated heterocycles. The third-order valence-corrected chi connectivity index (χ3v) is 4.07. The highest BCUT2D eigenvalue weighted by Gasteiger charge is 2.13. The van der Waals surface area contributed by atoms with Gasteiger partial charge in [-0.2, -0.15) is 0 Å². The standard InChI is InChI=1S/C10H11N3O2S2/c1-8-11-12-10(16-8)13-17(14,15)7-9-5-3-2-4-6-9/h2-6H,7H2,1H3,(H,12,13). The van der Waals surface area contributed by atoms with E-state index in [1.165, 1.54) is 11.3 Å². The molecule has 1 aromatic heterocycles. The Morgan fingerprint density at radius 2 is 1.94 bits per heavy atom. The molecule has 2 aromatic rings. The van der Waals surface area contributed by atoms with Crippen LogP contribution in [-0.4, -0.2) is 18.6 Å². The molecule has 0 aliphatic heterocycles. The minimum Gasteiger partial charge on any atom is -0.257 e. The number of sulfonamides is 1. The Morgan fingerprint density at radius 3 is 2.53 bits per heavy atom. The highest BCUT2D eigenvalue weighted by atomic mass is 32.2. The zero-order chi connectivity index (χ0) is 12.3. The van der Waals surface area contributed by atoms with Crippen LogP contribution in [-0.2, 0) is 15.8 Å². The van der Waals surface area contributed by atoms with Crippen molar-refractivity contribution in [3.8, 4) is 0 Å². The normalized spacial score (nSPS) is 11.4. The Labute approximate surface area is 104 Å². The molecule has 0 radical (unpaired) electrons. The van der Waals surface area contributed by atoms with Crippen LogP contribution in [0.3, 0.4) is 0 Å². The van der Waals surface area contributed by atoms with Crippen LogP contribution in [0.15, 0.2) is 30.3 Å². The number of aryl methyl sites for hydroxylation is 1. The molecule has 90 valence electrons. The molecule has 1 heterocycles. The van der Waals surface area contributed by atoms with Gasteiger partial charge in [0, 0.05) is 0 Å². The minimum absolute atomic E-state index is 0.0630. The third-order valence-electron chi connectivity index (χ3n) is 1.97. The quantitative estimate of drug-likeness (QED) is 0.918. The Bertz CT molecular complexity index is 593. The summed E-state index contributed by atoms with van der Waals surface area (Å²) in [5, 5.41) is 8.50. The van der Waals surface area contributed by atoms with E-state index in [0.717, 1.165) is 10.6 Å². The molecule has 0 aliphatic carbocycles. The van der Waals surface area contributed by atoms with Crippen molar-refractivity contribution in [2.24, 2.45) is 0 Å². The molecule has 0 atom stereocenters. The number of benzene rings is 1. The smallest absolute Gasteiger partial charge is 0.238 e. The SMILES string of the molecule is Cc1nnc(NS(=O)(=O)Cc2ccccc2)s1. The number of hydrogen-bond acceptors (Lipinski definition) is 5. The van der Waals surface area contributed by atoms with Gasteiger partial charge in [-0.1, -0.05) is 41.7 Å². The van der Waals surface area contributed by atoms with Crippen LogP contribution in [0.1, 0.15) is 10.6 Å². The zero-order valence-electron chi connectivity index (χ0n) is 9.12. The first-order valence-electron chi connectivity index (χ1n) is 4.90. The second kappa shape index (κ2) is 4.80. The van der Waals surface area contributed by atoms with Gasteiger partial charge < -0.3 is 0 Å². The molecule has 0 bridgehead atoms. The maximum atomic E-state index is 11.8. The first-order valence-corrected chi connectivity index (χ1v) is 7.36. The van der Waals surface area contributed by atoms with E-state index in [1.54, 1.807) is 31.2 Å². The van der Waals surface area contributed by atoms with Gasteiger partial charge in [0.1, 0.15) is 5.01 Å². The van der Waals surface area contributed by atoms with Gasteiger partial charge in [-0.25, -0.2) is 8.42 Å². The summed E-state index contributed by atoms with van der Waals surface area (Å²) in [4.78, 5) is 0. The summed E-state index contributed by atoms with van der Waals surface area (Å²) in [7, 11) is -3.42. The Kier molecular flexibility index (Phi) is 3.39. The van der Waals surface area contributed by atoms with E-state index in [0.29, 0.717) is 5.13 Å². The summed E-state index contributed by atoms with van der Waals surface area (Å²) >= 11 is 1.21. The molecule has 0 aliphatic rings. The van der Waals surface area contributed by atoms with Crippen molar-refractivity contribution in [1.82, 2.24) is 10.2 Å². The van der Waals surface area contributed by atoms with E-state index in [2.05, 4.69) is 14.9 Å². The van der Waals surface area contributed by atoms with E-state index < -0.39 is 10.0 Å². The number of nitrogens with zero attached hydrogens (tertiary/aromatic N) is 2. The fraction of sp³-hybridized carbons (Fsp3) is 0.200. The van der Waals surface area contributed by atoms with Gasteiger partial charge in [0.15, 0.2) is 0 Å². The van der Waals surface area contributed by atoms with E-state index in [1.807, 2.05) is 6.07 Å². The molecule has 0 amide bonds. The van der Waals surface area contributed by atoms with E-state index in [4.69, 9.17) is 0 Å². The highest BCUT2D eigenvalue weighted by molar-refractivity contribution is 7.92. The van der Waals surface area contributed by atoms with Gasteiger partial charge in [0.25, 0.3) is 0 Å². The van der Waals surface area contributed by atoms with Gasteiger partial charge in [-0.05, 0) is 12.5 Å². The highest BCUT2D eigenvalue weighted by Crippen LogP contribution is 2.16. The molecule has 0 fully saturated rings. The van der Waals surface area contributed by atoms with Crippen molar-refractivity contribution in [2.45, 2.75) is 12.7 Å². The fourth-order valence-corrected chi connectivity index (χ4v) is 3.30. The van der Waals surface area contributed by atoms with Crippen molar-refractivity contribution < 1.29 is 8.42 Å². The molecule has 1 aromatic carbocycles. The summed E-state index contributed by atoms with van der Waals surface area (Å²) in [5.41, 5.74) is 0.737. The molecular formula is C10H11N3O2S2. The summed E-state index contributed by atoms with van der Waals surface area (Å²) in [6, 6.07) is 8.99. The predicted molar refractivity (Wildman–Crippen MR) is 67.3 cm³/mol. The first kappa shape index (κ1) is 12.0. The van der Waals surface area contributed by atoms with E-state index in [9.17, 15) is 8.42 Å². The number of nitrogens with one attached hydrogen (secondary N) is 1. The average molecular weight is 269 g/mol. The van der Waals surface area contributed by atoms with E-state index in [-0.39, 0.29) is 5.75 Å². The fourth-order valence-electron chi connectivity index (χ4n) is 1.30. The molecule has 0 saturated carbocycles. The van der Waals surface area contributed by atoms with Crippen molar-refractivity contribution in [3.63, 3.8) is 0 Å². The number of hydrogen-bond donors (Lipinski definition) is 1. The third kappa shape index (κ3) is 3.50. The Hall–Kier alpha value is -1.47. The Balaban J connectivity index is 2.10. The first-order chi connectivity index (χ1) is 8.05. The van der Waals surface area contributed by atoms with Crippen LogP contribution >= 0.6 is 11.3 Å². The van der Waals surface area contributed by atoms with Gasteiger partial charge in [0.2, 0.25) is 15.2 Å². The average Bonchev–Trinajstić information content (AvgIpc) is 2.63. The maximum absolute atomic E-state index is 11.8. The maximum Gasteiger partial charge on any atom is 0.238 e. The topological polar surface area (TPSA) is 72.0 Å². The van der Waals surface area contributed by atoms with Crippen LogP contribution in [0.2, 0.25) is 0 Å².